The molecular formula is C10H13NO4S. The van der Waals surface area contributed by atoms with Gasteiger partial charge in [-0.25, -0.2) is 8.42 Å². The van der Waals surface area contributed by atoms with Gasteiger partial charge < -0.3 is 9.84 Å². The van der Waals surface area contributed by atoms with E-state index in [0.29, 0.717) is 0 Å². The smallest absolute Gasteiger partial charge is 0.243 e. The lowest BCUT2D eigenvalue weighted by atomic mass is 10.4. The van der Waals surface area contributed by atoms with E-state index >= 15 is 0 Å². The normalized spacial score (nSPS) is 23.2. The Labute approximate surface area is 94.3 Å². The second-order valence-electron chi connectivity index (χ2n) is 3.50. The van der Waals surface area contributed by atoms with Gasteiger partial charge >= 0.3 is 0 Å². The molecule has 0 spiro atoms. The van der Waals surface area contributed by atoms with Crippen LogP contribution in [-0.4, -0.2) is 43.8 Å². The van der Waals surface area contributed by atoms with Gasteiger partial charge in [-0.05, 0) is 12.1 Å². The zero-order chi connectivity index (χ0) is 11.6. The van der Waals surface area contributed by atoms with Crippen molar-refractivity contribution in [3.8, 4) is 0 Å². The predicted octanol–water partition coefficient (Wildman–Crippen LogP) is 0.0259. The van der Waals surface area contributed by atoms with Crippen molar-refractivity contribution in [2.24, 2.45) is 0 Å². The number of nitrogens with zero attached hydrogens (tertiary/aromatic N) is 1. The maximum absolute atomic E-state index is 12.1. The number of hydrogen-bond donors (Lipinski definition) is 1. The molecule has 0 amide bonds. The third kappa shape index (κ3) is 2.25. The number of aliphatic hydroxyl groups excluding tert-OH is 1. The van der Waals surface area contributed by atoms with E-state index in [1.807, 2.05) is 0 Å². The predicted molar refractivity (Wildman–Crippen MR) is 57.2 cm³/mol. The van der Waals surface area contributed by atoms with Crippen molar-refractivity contribution in [1.82, 2.24) is 4.31 Å². The summed E-state index contributed by atoms with van der Waals surface area (Å²) in [5.74, 6) is 0. The second-order valence-corrected chi connectivity index (χ2v) is 5.44. The van der Waals surface area contributed by atoms with Crippen LogP contribution in [0.4, 0.5) is 0 Å². The lowest BCUT2D eigenvalue weighted by Gasteiger charge is -2.29. The fourth-order valence-corrected chi connectivity index (χ4v) is 3.01. The van der Waals surface area contributed by atoms with E-state index in [9.17, 15) is 13.5 Å². The first kappa shape index (κ1) is 11.5. The molecule has 0 aromatic heterocycles. The number of ether oxygens (including phenoxy) is 1. The number of benzene rings is 1. The zero-order valence-electron chi connectivity index (χ0n) is 8.61. The monoisotopic (exact) mass is 243 g/mol. The Morgan fingerprint density at radius 3 is 2.62 bits per heavy atom. The summed E-state index contributed by atoms with van der Waals surface area (Å²) in [6.07, 6.45) is -1.03. The quantitative estimate of drug-likeness (QED) is 0.795. The molecule has 0 saturated carbocycles. The first-order valence-corrected chi connectivity index (χ1v) is 6.39. The van der Waals surface area contributed by atoms with E-state index in [4.69, 9.17) is 4.74 Å². The number of morpholine rings is 1. The van der Waals surface area contributed by atoms with Gasteiger partial charge in [0.25, 0.3) is 0 Å². The molecule has 88 valence electrons. The molecule has 6 heteroatoms. The maximum Gasteiger partial charge on any atom is 0.243 e. The van der Waals surface area contributed by atoms with Crippen LogP contribution in [0.2, 0.25) is 0 Å². The Bertz CT molecular complexity index is 445. The fourth-order valence-electron chi connectivity index (χ4n) is 1.57. The molecule has 1 atom stereocenters. The Morgan fingerprint density at radius 1 is 1.31 bits per heavy atom. The molecule has 1 fully saturated rings. The van der Waals surface area contributed by atoms with Crippen molar-refractivity contribution < 1.29 is 18.3 Å². The van der Waals surface area contributed by atoms with Gasteiger partial charge in [-0.3, -0.25) is 0 Å². The molecule has 1 aromatic carbocycles. The summed E-state index contributed by atoms with van der Waals surface area (Å²) < 4.78 is 30.3. The first-order chi connectivity index (χ1) is 7.60. The van der Waals surface area contributed by atoms with Crippen LogP contribution in [0.15, 0.2) is 35.2 Å². The molecule has 16 heavy (non-hydrogen) atoms. The molecule has 1 aliphatic heterocycles. The molecule has 1 unspecified atom stereocenters. The molecule has 0 aliphatic carbocycles. The Balaban J connectivity index is 2.26. The largest absolute Gasteiger partial charge is 0.367 e. The minimum atomic E-state index is -3.50. The van der Waals surface area contributed by atoms with Crippen molar-refractivity contribution in [1.29, 1.82) is 0 Å². The molecule has 0 radical (unpaired) electrons. The van der Waals surface area contributed by atoms with E-state index in [1.165, 1.54) is 16.4 Å². The summed E-state index contributed by atoms with van der Waals surface area (Å²) in [5.41, 5.74) is 0. The van der Waals surface area contributed by atoms with Gasteiger partial charge in [-0.15, -0.1) is 0 Å². The minimum Gasteiger partial charge on any atom is -0.367 e. The summed E-state index contributed by atoms with van der Waals surface area (Å²) in [5, 5.41) is 9.26. The molecule has 0 bridgehead atoms. The second kappa shape index (κ2) is 4.50. The van der Waals surface area contributed by atoms with Crippen LogP contribution in [0.25, 0.3) is 0 Å². The summed E-state index contributed by atoms with van der Waals surface area (Å²) in [6.45, 7) is 0.471. The Morgan fingerprint density at radius 2 is 2.00 bits per heavy atom. The molecule has 1 saturated heterocycles. The van der Waals surface area contributed by atoms with E-state index in [0.717, 1.165) is 0 Å². The van der Waals surface area contributed by atoms with Gasteiger partial charge in [0, 0.05) is 6.54 Å². The van der Waals surface area contributed by atoms with E-state index in [-0.39, 0.29) is 24.6 Å². The average Bonchev–Trinajstić information content (AvgIpc) is 2.30. The van der Waals surface area contributed by atoms with Crippen molar-refractivity contribution in [2.75, 3.05) is 19.7 Å². The lowest BCUT2D eigenvalue weighted by Crippen LogP contribution is -2.45. The van der Waals surface area contributed by atoms with E-state index < -0.39 is 16.3 Å². The number of β-amino-alcohol motifs (C(OH)–C–C–N with tert-alkyl or cyclic N) is 1. The molecule has 1 aliphatic rings. The van der Waals surface area contributed by atoms with Crippen molar-refractivity contribution in [2.45, 2.75) is 11.2 Å². The molecule has 1 heterocycles. The standard InChI is InChI=1S/C10H13NO4S/c12-10-8-11(6-7-15-10)16(13,14)9-4-2-1-3-5-9/h1-5,10,12H,6-8H2. The van der Waals surface area contributed by atoms with Gasteiger partial charge in [-0.1, -0.05) is 18.2 Å². The SMILES string of the molecule is O=S(=O)(c1ccccc1)N1CCOC(O)C1. The van der Waals surface area contributed by atoms with Crippen LogP contribution in [0, 0.1) is 0 Å². The van der Waals surface area contributed by atoms with E-state index in [1.54, 1.807) is 18.2 Å². The van der Waals surface area contributed by atoms with Crippen molar-refractivity contribution >= 4 is 10.0 Å². The number of aliphatic hydroxyl groups is 1. The molecule has 1 aromatic rings. The third-order valence-corrected chi connectivity index (χ3v) is 4.27. The summed E-state index contributed by atoms with van der Waals surface area (Å²) >= 11 is 0. The minimum absolute atomic E-state index is 0.0166. The maximum atomic E-state index is 12.1. The molecule has 5 nitrogen and oxygen atoms in total. The highest BCUT2D eigenvalue weighted by Crippen LogP contribution is 2.17. The first-order valence-electron chi connectivity index (χ1n) is 4.95. The highest BCUT2D eigenvalue weighted by atomic mass is 32.2. The zero-order valence-corrected chi connectivity index (χ0v) is 9.43. The Hall–Kier alpha value is -0.950. The van der Waals surface area contributed by atoms with Crippen LogP contribution in [0.1, 0.15) is 0 Å². The van der Waals surface area contributed by atoms with Crippen molar-refractivity contribution in [3.05, 3.63) is 30.3 Å². The number of rotatable bonds is 2. The topological polar surface area (TPSA) is 66.8 Å². The highest BCUT2D eigenvalue weighted by Gasteiger charge is 2.29. The molecule has 1 N–H and O–H groups in total. The Kier molecular flexibility index (Phi) is 3.25. The van der Waals surface area contributed by atoms with Crippen LogP contribution >= 0.6 is 0 Å². The average molecular weight is 243 g/mol. The van der Waals surface area contributed by atoms with Crippen LogP contribution in [0.5, 0.6) is 0 Å². The van der Waals surface area contributed by atoms with Crippen LogP contribution in [0.3, 0.4) is 0 Å². The lowest BCUT2D eigenvalue weighted by molar-refractivity contribution is -0.130. The molecule has 2 rings (SSSR count). The van der Waals surface area contributed by atoms with Gasteiger partial charge in [0.05, 0.1) is 18.0 Å². The van der Waals surface area contributed by atoms with Gasteiger partial charge in [0.1, 0.15) is 0 Å². The highest BCUT2D eigenvalue weighted by molar-refractivity contribution is 7.89. The van der Waals surface area contributed by atoms with Crippen molar-refractivity contribution in [3.63, 3.8) is 0 Å². The van der Waals surface area contributed by atoms with Gasteiger partial charge in [0.15, 0.2) is 6.29 Å². The van der Waals surface area contributed by atoms with Crippen LogP contribution in [-0.2, 0) is 14.8 Å². The summed E-state index contributed by atoms with van der Waals surface area (Å²) in [7, 11) is -3.50. The fraction of sp³-hybridized carbons (Fsp3) is 0.400. The number of sulfonamides is 1. The molecular weight excluding hydrogens is 230 g/mol. The van der Waals surface area contributed by atoms with Gasteiger partial charge in [0.2, 0.25) is 10.0 Å². The van der Waals surface area contributed by atoms with Crippen LogP contribution < -0.4 is 0 Å². The summed E-state index contributed by atoms with van der Waals surface area (Å²) in [6, 6.07) is 8.18. The van der Waals surface area contributed by atoms with E-state index in [2.05, 4.69) is 0 Å². The number of hydrogen-bond acceptors (Lipinski definition) is 4. The van der Waals surface area contributed by atoms with Gasteiger partial charge in [-0.2, -0.15) is 4.31 Å². The third-order valence-electron chi connectivity index (χ3n) is 2.39. The summed E-state index contributed by atoms with van der Waals surface area (Å²) in [4.78, 5) is 0.240.